The number of aryl methyl sites for hydroxylation is 2. The zero-order valence-electron chi connectivity index (χ0n) is 13.0. The third kappa shape index (κ3) is 3.35. The second-order valence-electron chi connectivity index (χ2n) is 5.85. The molecule has 0 radical (unpaired) electrons. The summed E-state index contributed by atoms with van der Waals surface area (Å²) in [6.45, 7) is 0.758. The minimum Gasteiger partial charge on any atom is -0.399 e. The van der Waals surface area contributed by atoms with Gasteiger partial charge < -0.3 is 10.6 Å². The van der Waals surface area contributed by atoms with Crippen LogP contribution in [0.2, 0.25) is 0 Å². The number of hydrogen-bond acceptors (Lipinski definition) is 3. The normalized spacial score (nSPS) is 13.3. The first kappa shape index (κ1) is 15.1. The number of nitrogens with two attached hydrogens (primary N) is 1. The SMILES string of the molecule is N#Cc1cccc(CCC(=O)N2CCCc3cc(N)ccc32)c1. The van der Waals surface area contributed by atoms with Gasteiger partial charge in [0.15, 0.2) is 0 Å². The summed E-state index contributed by atoms with van der Waals surface area (Å²) in [4.78, 5) is 14.5. The second-order valence-corrected chi connectivity index (χ2v) is 5.85. The Morgan fingerprint density at radius 2 is 2.13 bits per heavy atom. The quantitative estimate of drug-likeness (QED) is 0.886. The van der Waals surface area contributed by atoms with Crippen LogP contribution in [-0.2, 0) is 17.6 Å². The fourth-order valence-corrected chi connectivity index (χ4v) is 3.06. The van der Waals surface area contributed by atoms with E-state index in [0.29, 0.717) is 18.4 Å². The average molecular weight is 305 g/mol. The molecule has 3 rings (SSSR count). The van der Waals surface area contributed by atoms with Gasteiger partial charge in [0, 0.05) is 24.3 Å². The highest BCUT2D eigenvalue weighted by Crippen LogP contribution is 2.29. The summed E-state index contributed by atoms with van der Waals surface area (Å²) in [5, 5.41) is 8.94. The molecule has 2 aromatic rings. The second kappa shape index (κ2) is 6.53. The predicted octanol–water partition coefficient (Wildman–Crippen LogP) is 3.05. The molecule has 1 heterocycles. The van der Waals surface area contributed by atoms with Gasteiger partial charge in [0.1, 0.15) is 0 Å². The van der Waals surface area contributed by atoms with Gasteiger partial charge in [-0.2, -0.15) is 5.26 Å². The number of nitriles is 1. The molecular weight excluding hydrogens is 286 g/mol. The van der Waals surface area contributed by atoms with Gasteiger partial charge in [0.25, 0.3) is 0 Å². The van der Waals surface area contributed by atoms with E-state index in [2.05, 4.69) is 6.07 Å². The molecule has 0 unspecified atom stereocenters. The van der Waals surface area contributed by atoms with E-state index in [1.807, 2.05) is 41.3 Å². The molecule has 1 aliphatic heterocycles. The van der Waals surface area contributed by atoms with Gasteiger partial charge in [0.05, 0.1) is 11.6 Å². The van der Waals surface area contributed by atoms with Crippen LogP contribution in [0.5, 0.6) is 0 Å². The lowest BCUT2D eigenvalue weighted by Gasteiger charge is -2.29. The lowest BCUT2D eigenvalue weighted by atomic mass is 10.00. The highest BCUT2D eigenvalue weighted by molar-refractivity contribution is 5.95. The lowest BCUT2D eigenvalue weighted by molar-refractivity contribution is -0.118. The van der Waals surface area contributed by atoms with Gasteiger partial charge in [-0.05, 0) is 60.7 Å². The largest absolute Gasteiger partial charge is 0.399 e. The molecule has 1 aliphatic rings. The molecule has 4 heteroatoms. The molecule has 2 aromatic carbocycles. The van der Waals surface area contributed by atoms with Crippen LogP contribution in [0, 0.1) is 11.3 Å². The first-order valence-electron chi connectivity index (χ1n) is 7.85. The molecule has 0 saturated carbocycles. The van der Waals surface area contributed by atoms with Crippen molar-refractivity contribution in [2.75, 3.05) is 17.2 Å². The fraction of sp³-hybridized carbons (Fsp3) is 0.263. The molecule has 0 bridgehead atoms. The molecule has 1 amide bonds. The van der Waals surface area contributed by atoms with E-state index in [1.165, 1.54) is 0 Å². The maximum Gasteiger partial charge on any atom is 0.227 e. The van der Waals surface area contributed by atoms with Crippen molar-refractivity contribution in [3.63, 3.8) is 0 Å². The van der Waals surface area contributed by atoms with Crippen LogP contribution in [0.25, 0.3) is 0 Å². The van der Waals surface area contributed by atoms with Gasteiger partial charge >= 0.3 is 0 Å². The number of fused-ring (bicyclic) bond motifs is 1. The van der Waals surface area contributed by atoms with Crippen LogP contribution in [0.1, 0.15) is 29.5 Å². The van der Waals surface area contributed by atoms with Crippen LogP contribution in [0.3, 0.4) is 0 Å². The van der Waals surface area contributed by atoms with Crippen molar-refractivity contribution in [3.8, 4) is 6.07 Å². The zero-order valence-corrected chi connectivity index (χ0v) is 13.0. The Labute approximate surface area is 136 Å². The summed E-state index contributed by atoms with van der Waals surface area (Å²) in [6, 6.07) is 15.3. The van der Waals surface area contributed by atoms with Crippen molar-refractivity contribution < 1.29 is 4.79 Å². The first-order valence-corrected chi connectivity index (χ1v) is 7.85. The monoisotopic (exact) mass is 305 g/mol. The summed E-state index contributed by atoms with van der Waals surface area (Å²) in [5.41, 5.74) is 10.4. The van der Waals surface area contributed by atoms with Crippen molar-refractivity contribution in [3.05, 3.63) is 59.2 Å². The summed E-state index contributed by atoms with van der Waals surface area (Å²) in [6.07, 6.45) is 3.02. The molecule has 116 valence electrons. The van der Waals surface area contributed by atoms with E-state index in [0.717, 1.165) is 41.9 Å². The van der Waals surface area contributed by atoms with Gasteiger partial charge in [0.2, 0.25) is 5.91 Å². The van der Waals surface area contributed by atoms with Crippen molar-refractivity contribution in [2.24, 2.45) is 0 Å². The van der Waals surface area contributed by atoms with Gasteiger partial charge in [-0.15, -0.1) is 0 Å². The first-order chi connectivity index (χ1) is 11.2. The molecule has 23 heavy (non-hydrogen) atoms. The molecule has 2 N–H and O–H groups in total. The van der Waals surface area contributed by atoms with Crippen molar-refractivity contribution in [1.29, 1.82) is 5.26 Å². The number of anilines is 2. The standard InChI is InChI=1S/C19H19N3O/c20-13-15-4-1-3-14(11-15)6-9-19(23)22-10-2-5-16-12-17(21)7-8-18(16)22/h1,3-4,7-8,11-12H,2,5-6,9-10,21H2. The number of hydrogen-bond donors (Lipinski definition) is 1. The van der Waals surface area contributed by atoms with E-state index >= 15 is 0 Å². The smallest absolute Gasteiger partial charge is 0.227 e. The maximum absolute atomic E-state index is 12.6. The molecule has 0 fully saturated rings. The summed E-state index contributed by atoms with van der Waals surface area (Å²) >= 11 is 0. The van der Waals surface area contributed by atoms with Crippen LogP contribution in [-0.4, -0.2) is 12.5 Å². The Hall–Kier alpha value is -2.80. The Balaban J connectivity index is 1.71. The highest BCUT2D eigenvalue weighted by atomic mass is 16.2. The third-order valence-electron chi connectivity index (χ3n) is 4.21. The number of nitrogen functional groups attached to an aromatic ring is 1. The van der Waals surface area contributed by atoms with Gasteiger partial charge in [-0.1, -0.05) is 12.1 Å². The van der Waals surface area contributed by atoms with Gasteiger partial charge in [-0.25, -0.2) is 0 Å². The highest BCUT2D eigenvalue weighted by Gasteiger charge is 2.22. The van der Waals surface area contributed by atoms with E-state index in [4.69, 9.17) is 11.0 Å². The number of nitrogens with zero attached hydrogens (tertiary/aromatic N) is 2. The van der Waals surface area contributed by atoms with Crippen LogP contribution < -0.4 is 10.6 Å². The van der Waals surface area contributed by atoms with Crippen molar-refractivity contribution in [2.45, 2.75) is 25.7 Å². The average Bonchev–Trinajstić information content (AvgIpc) is 2.59. The number of rotatable bonds is 3. The lowest BCUT2D eigenvalue weighted by Crippen LogP contribution is -2.35. The number of carbonyl (C=O) groups excluding carboxylic acids is 1. The van der Waals surface area contributed by atoms with E-state index in [9.17, 15) is 4.79 Å². The van der Waals surface area contributed by atoms with E-state index < -0.39 is 0 Å². The molecule has 0 aliphatic carbocycles. The Bertz CT molecular complexity index is 776. The van der Waals surface area contributed by atoms with Crippen LogP contribution in [0.15, 0.2) is 42.5 Å². The number of amides is 1. The maximum atomic E-state index is 12.6. The third-order valence-corrected chi connectivity index (χ3v) is 4.21. The number of carbonyl (C=O) groups is 1. The fourth-order valence-electron chi connectivity index (χ4n) is 3.06. The van der Waals surface area contributed by atoms with Crippen molar-refractivity contribution in [1.82, 2.24) is 0 Å². The van der Waals surface area contributed by atoms with E-state index in [1.54, 1.807) is 6.07 Å². The molecule has 0 spiro atoms. The van der Waals surface area contributed by atoms with Crippen LogP contribution in [0.4, 0.5) is 11.4 Å². The Kier molecular flexibility index (Phi) is 4.29. The zero-order chi connectivity index (χ0) is 16.2. The molecular formula is C19H19N3O. The van der Waals surface area contributed by atoms with Crippen molar-refractivity contribution >= 4 is 17.3 Å². The Morgan fingerprint density at radius 3 is 2.96 bits per heavy atom. The molecule has 0 aromatic heterocycles. The summed E-state index contributed by atoms with van der Waals surface area (Å²) in [7, 11) is 0. The predicted molar refractivity (Wildman–Crippen MR) is 91.0 cm³/mol. The molecule has 0 saturated heterocycles. The summed E-state index contributed by atoms with van der Waals surface area (Å²) < 4.78 is 0. The molecule has 4 nitrogen and oxygen atoms in total. The minimum absolute atomic E-state index is 0.123. The number of benzene rings is 2. The minimum atomic E-state index is 0.123. The topological polar surface area (TPSA) is 70.1 Å². The molecule has 0 atom stereocenters. The summed E-state index contributed by atoms with van der Waals surface area (Å²) in [5.74, 6) is 0.123. The van der Waals surface area contributed by atoms with Crippen LogP contribution >= 0.6 is 0 Å². The Morgan fingerprint density at radius 1 is 1.26 bits per heavy atom. The van der Waals surface area contributed by atoms with Gasteiger partial charge in [-0.3, -0.25) is 4.79 Å². The van der Waals surface area contributed by atoms with E-state index in [-0.39, 0.29) is 5.91 Å².